The normalized spacial score (nSPS) is 10.0. The molecule has 0 atom stereocenters. The van der Waals surface area contributed by atoms with Gasteiger partial charge in [0.05, 0.1) is 12.7 Å². The Labute approximate surface area is 118 Å². The molecule has 1 heterocycles. The van der Waals surface area contributed by atoms with Crippen LogP contribution < -0.4 is 5.32 Å². The molecule has 0 aliphatic carbocycles. The molecule has 0 aliphatic heterocycles. The average molecular weight is 323 g/mol. The zero-order chi connectivity index (χ0) is 13.8. The summed E-state index contributed by atoms with van der Waals surface area (Å²) in [6.07, 6.45) is 1.66. The first kappa shape index (κ1) is 13.4. The molecule has 0 radical (unpaired) electrons. The van der Waals surface area contributed by atoms with E-state index in [2.05, 4.69) is 31.0 Å². The van der Waals surface area contributed by atoms with Crippen LogP contribution >= 0.6 is 15.9 Å². The second kappa shape index (κ2) is 5.71. The number of rotatable bonds is 3. The van der Waals surface area contributed by atoms with Gasteiger partial charge in [-0.15, -0.1) is 0 Å². The summed E-state index contributed by atoms with van der Waals surface area (Å²) in [6.45, 7) is 0. The maximum atomic E-state index is 11.8. The predicted octanol–water partition coefficient (Wildman–Crippen LogP) is 2.82. The van der Waals surface area contributed by atoms with Crippen LogP contribution in [-0.2, 0) is 4.74 Å². The fourth-order valence-electron chi connectivity index (χ4n) is 1.54. The molecule has 2 N–H and O–H groups in total. The molecule has 1 aromatic heterocycles. The highest BCUT2D eigenvalue weighted by molar-refractivity contribution is 9.10. The van der Waals surface area contributed by atoms with Crippen molar-refractivity contribution in [1.29, 1.82) is 0 Å². The van der Waals surface area contributed by atoms with Crippen molar-refractivity contribution in [2.24, 2.45) is 0 Å². The van der Waals surface area contributed by atoms with E-state index < -0.39 is 5.97 Å². The molecule has 0 spiro atoms. The molecule has 0 aliphatic rings. The lowest BCUT2D eigenvalue weighted by molar-refractivity contribution is 0.0599. The van der Waals surface area contributed by atoms with Crippen LogP contribution in [0.1, 0.15) is 20.8 Å². The lowest BCUT2D eigenvalue weighted by Crippen LogP contribution is -2.13. The van der Waals surface area contributed by atoms with E-state index in [1.807, 2.05) is 0 Å². The molecule has 0 unspecified atom stereocenters. The van der Waals surface area contributed by atoms with Gasteiger partial charge in [-0.25, -0.2) is 4.79 Å². The summed E-state index contributed by atoms with van der Waals surface area (Å²) in [7, 11) is 1.30. The number of benzene rings is 1. The third kappa shape index (κ3) is 3.03. The van der Waals surface area contributed by atoms with Crippen LogP contribution in [0.3, 0.4) is 0 Å². The number of aromatic amines is 1. The summed E-state index contributed by atoms with van der Waals surface area (Å²) in [5.41, 5.74) is 1.32. The Kier molecular flexibility index (Phi) is 4.01. The maximum absolute atomic E-state index is 11.8. The number of anilines is 1. The van der Waals surface area contributed by atoms with Gasteiger partial charge in [0.25, 0.3) is 5.91 Å². The number of hydrogen-bond acceptors (Lipinski definition) is 3. The Morgan fingerprint density at radius 2 is 2.11 bits per heavy atom. The number of methoxy groups -OCH3 is 1. The van der Waals surface area contributed by atoms with Crippen molar-refractivity contribution in [3.63, 3.8) is 0 Å². The first-order valence-corrected chi connectivity index (χ1v) is 6.23. The molecule has 0 fully saturated rings. The highest BCUT2D eigenvalue weighted by Crippen LogP contribution is 2.22. The summed E-state index contributed by atoms with van der Waals surface area (Å²) in [5, 5.41) is 2.69. The van der Waals surface area contributed by atoms with Crippen molar-refractivity contribution in [3.8, 4) is 0 Å². The van der Waals surface area contributed by atoms with Crippen molar-refractivity contribution in [2.75, 3.05) is 12.4 Å². The van der Waals surface area contributed by atoms with Gasteiger partial charge in [0.1, 0.15) is 5.69 Å². The maximum Gasteiger partial charge on any atom is 0.339 e. The molecule has 6 heteroatoms. The minimum absolute atomic E-state index is 0.275. The van der Waals surface area contributed by atoms with Gasteiger partial charge in [0.15, 0.2) is 0 Å². The Morgan fingerprint density at radius 1 is 1.32 bits per heavy atom. The van der Waals surface area contributed by atoms with Gasteiger partial charge in [0.2, 0.25) is 0 Å². The van der Waals surface area contributed by atoms with E-state index in [-0.39, 0.29) is 5.91 Å². The van der Waals surface area contributed by atoms with Gasteiger partial charge in [-0.1, -0.05) is 0 Å². The Balaban J connectivity index is 2.22. The van der Waals surface area contributed by atoms with E-state index in [4.69, 9.17) is 0 Å². The zero-order valence-corrected chi connectivity index (χ0v) is 11.7. The molecule has 98 valence electrons. The van der Waals surface area contributed by atoms with Gasteiger partial charge in [0, 0.05) is 16.4 Å². The van der Waals surface area contributed by atoms with Crippen molar-refractivity contribution in [1.82, 2.24) is 4.98 Å². The number of carbonyl (C=O) groups excluding carboxylic acids is 2. The number of halogens is 1. The number of ether oxygens (including phenoxy) is 1. The van der Waals surface area contributed by atoms with Crippen LogP contribution in [0.15, 0.2) is 41.0 Å². The number of nitrogens with one attached hydrogen (secondary N) is 2. The fraction of sp³-hybridized carbons (Fsp3) is 0.0769. The molecule has 0 bridgehead atoms. The van der Waals surface area contributed by atoms with Crippen LogP contribution in [0.5, 0.6) is 0 Å². The quantitative estimate of drug-likeness (QED) is 0.853. The van der Waals surface area contributed by atoms with Crippen LogP contribution in [0.2, 0.25) is 0 Å². The van der Waals surface area contributed by atoms with Crippen molar-refractivity contribution < 1.29 is 14.3 Å². The third-order valence-corrected chi connectivity index (χ3v) is 3.16. The fourth-order valence-corrected chi connectivity index (χ4v) is 1.95. The Morgan fingerprint density at radius 3 is 2.74 bits per heavy atom. The van der Waals surface area contributed by atoms with Crippen molar-refractivity contribution in [2.45, 2.75) is 0 Å². The highest BCUT2D eigenvalue weighted by atomic mass is 79.9. The second-order valence-electron chi connectivity index (χ2n) is 3.72. The van der Waals surface area contributed by atoms with Gasteiger partial charge in [-0.3, -0.25) is 4.79 Å². The van der Waals surface area contributed by atoms with Gasteiger partial charge < -0.3 is 15.0 Å². The number of carbonyl (C=O) groups is 2. The van der Waals surface area contributed by atoms with Crippen LogP contribution in [-0.4, -0.2) is 24.0 Å². The molecular formula is C13H11BrN2O3. The topological polar surface area (TPSA) is 71.2 Å². The SMILES string of the molecule is COC(=O)c1cc(NC(=O)c2ccc[nH]2)ccc1Br. The molecular weight excluding hydrogens is 312 g/mol. The molecule has 0 saturated heterocycles. The highest BCUT2D eigenvalue weighted by Gasteiger charge is 2.13. The summed E-state index contributed by atoms with van der Waals surface area (Å²) in [4.78, 5) is 26.2. The molecule has 5 nitrogen and oxygen atoms in total. The van der Waals surface area contributed by atoms with Crippen molar-refractivity contribution >= 4 is 33.5 Å². The lowest BCUT2D eigenvalue weighted by atomic mass is 10.2. The summed E-state index contributed by atoms with van der Waals surface area (Å²) in [6, 6.07) is 8.32. The minimum Gasteiger partial charge on any atom is -0.465 e. The van der Waals surface area contributed by atoms with Crippen LogP contribution in [0.4, 0.5) is 5.69 Å². The van der Waals surface area contributed by atoms with Crippen LogP contribution in [0, 0.1) is 0 Å². The van der Waals surface area contributed by atoms with E-state index in [1.165, 1.54) is 7.11 Å². The summed E-state index contributed by atoms with van der Waals surface area (Å²) >= 11 is 3.26. The number of H-pyrrole nitrogens is 1. The Bertz CT molecular complexity index is 608. The monoisotopic (exact) mass is 322 g/mol. The molecule has 0 saturated carbocycles. The van der Waals surface area contributed by atoms with Crippen LogP contribution in [0.25, 0.3) is 0 Å². The third-order valence-electron chi connectivity index (χ3n) is 2.47. The summed E-state index contributed by atoms with van der Waals surface area (Å²) < 4.78 is 5.27. The van der Waals surface area contributed by atoms with E-state index in [9.17, 15) is 9.59 Å². The zero-order valence-electron chi connectivity index (χ0n) is 10.1. The minimum atomic E-state index is -0.470. The van der Waals surface area contributed by atoms with E-state index in [0.717, 1.165) is 0 Å². The van der Waals surface area contributed by atoms with Gasteiger partial charge >= 0.3 is 5.97 Å². The van der Waals surface area contributed by atoms with E-state index in [0.29, 0.717) is 21.4 Å². The Hall–Kier alpha value is -2.08. The van der Waals surface area contributed by atoms with Gasteiger partial charge in [-0.2, -0.15) is 0 Å². The predicted molar refractivity (Wildman–Crippen MR) is 74.2 cm³/mol. The summed E-state index contributed by atoms with van der Waals surface area (Å²) in [5.74, 6) is -0.744. The van der Waals surface area contributed by atoms with Gasteiger partial charge in [-0.05, 0) is 46.3 Å². The first-order chi connectivity index (χ1) is 9.11. The molecule has 2 rings (SSSR count). The number of hydrogen-bond donors (Lipinski definition) is 2. The first-order valence-electron chi connectivity index (χ1n) is 5.44. The standard InChI is InChI=1S/C13H11BrN2O3/c1-19-13(18)9-7-8(4-5-10(9)14)16-12(17)11-3-2-6-15-11/h2-7,15H,1H3,(H,16,17). The van der Waals surface area contributed by atoms with Crippen molar-refractivity contribution in [3.05, 3.63) is 52.3 Å². The molecule has 1 amide bonds. The lowest BCUT2D eigenvalue weighted by Gasteiger charge is -2.07. The second-order valence-corrected chi connectivity index (χ2v) is 4.58. The number of aromatic nitrogens is 1. The molecule has 2 aromatic rings. The largest absolute Gasteiger partial charge is 0.465 e. The average Bonchev–Trinajstić information content (AvgIpc) is 2.94. The number of esters is 1. The molecule has 19 heavy (non-hydrogen) atoms. The molecule has 1 aromatic carbocycles. The van der Waals surface area contributed by atoms with E-state index in [1.54, 1.807) is 36.5 Å². The number of amides is 1. The van der Waals surface area contributed by atoms with E-state index >= 15 is 0 Å². The smallest absolute Gasteiger partial charge is 0.339 e.